The van der Waals surface area contributed by atoms with Gasteiger partial charge in [-0.3, -0.25) is 9.98 Å². The molecule has 4 rings (SSSR count). The Hall–Kier alpha value is -4.18. The topological polar surface area (TPSA) is 65.2 Å². The molecule has 3 aromatic carbocycles. The summed E-state index contributed by atoms with van der Waals surface area (Å²) in [6.45, 7) is 15.4. The molecule has 0 saturated carbocycles. The first-order chi connectivity index (χ1) is 19.1. The lowest BCUT2D eigenvalue weighted by Gasteiger charge is -2.17. The van der Waals surface area contributed by atoms with Crippen LogP contribution in [-0.2, 0) is 0 Å². The van der Waals surface area contributed by atoms with Crippen molar-refractivity contribution in [2.75, 3.05) is 6.54 Å². The van der Waals surface area contributed by atoms with Crippen LogP contribution in [0.1, 0.15) is 73.5 Å². The van der Waals surface area contributed by atoms with Crippen molar-refractivity contribution in [2.24, 2.45) is 9.98 Å². The molecule has 0 fully saturated rings. The van der Waals surface area contributed by atoms with E-state index >= 15 is 0 Å². The summed E-state index contributed by atoms with van der Waals surface area (Å²) in [4.78, 5) is 9.33. The summed E-state index contributed by atoms with van der Waals surface area (Å²) < 4.78 is 0. The van der Waals surface area contributed by atoms with E-state index in [4.69, 9.17) is 4.99 Å². The van der Waals surface area contributed by atoms with Crippen LogP contribution in [0.25, 0.3) is 0 Å². The van der Waals surface area contributed by atoms with Crippen molar-refractivity contribution in [2.45, 2.75) is 60.9 Å². The third kappa shape index (κ3) is 8.41. The van der Waals surface area contributed by atoms with E-state index in [0.717, 1.165) is 12.0 Å². The Morgan fingerprint density at radius 3 is 1.90 bits per heavy atom. The SMILES string of the molecule is CC1=CC(C)=C(C)C(C)=CC1.Cc1cc(C)c(C(CN=Cc2ccccc2O)N=Cc2ccccc2O)c(C)c1. The number of rotatable bonds is 6. The lowest BCUT2D eigenvalue weighted by Crippen LogP contribution is -2.07. The highest BCUT2D eigenvalue weighted by Crippen LogP contribution is 2.28. The molecule has 0 saturated heterocycles. The van der Waals surface area contributed by atoms with Crippen molar-refractivity contribution < 1.29 is 10.2 Å². The number of aryl methyl sites for hydroxylation is 3. The number of hydrogen-bond acceptors (Lipinski definition) is 4. The predicted octanol–water partition coefficient (Wildman–Crippen LogP) is 8.92. The Balaban J connectivity index is 0.000000336. The second-order valence-electron chi connectivity index (χ2n) is 10.6. The van der Waals surface area contributed by atoms with Gasteiger partial charge in [0.25, 0.3) is 0 Å². The van der Waals surface area contributed by atoms with E-state index < -0.39 is 0 Å². The largest absolute Gasteiger partial charge is 0.507 e. The summed E-state index contributed by atoms with van der Waals surface area (Å²) in [6, 6.07) is 18.3. The first-order valence-electron chi connectivity index (χ1n) is 13.7. The number of para-hydroxylation sites is 2. The molecule has 1 atom stereocenters. The number of allylic oxidation sites excluding steroid dienone is 6. The van der Waals surface area contributed by atoms with Gasteiger partial charge in [0.2, 0.25) is 0 Å². The lowest BCUT2D eigenvalue weighted by atomic mass is 9.94. The van der Waals surface area contributed by atoms with Gasteiger partial charge < -0.3 is 10.2 Å². The Kier molecular flexibility index (Phi) is 10.8. The highest BCUT2D eigenvalue weighted by Gasteiger charge is 2.15. The van der Waals surface area contributed by atoms with Crippen molar-refractivity contribution in [3.8, 4) is 11.5 Å². The van der Waals surface area contributed by atoms with Gasteiger partial charge in [-0.1, -0.05) is 65.3 Å². The van der Waals surface area contributed by atoms with Gasteiger partial charge in [-0.25, -0.2) is 0 Å². The molecule has 0 aromatic heterocycles. The quantitative estimate of drug-likeness (QED) is 0.310. The zero-order valence-corrected chi connectivity index (χ0v) is 24.9. The predicted molar refractivity (Wildman–Crippen MR) is 170 cm³/mol. The van der Waals surface area contributed by atoms with Crippen LogP contribution in [0.5, 0.6) is 11.5 Å². The van der Waals surface area contributed by atoms with E-state index in [1.54, 1.807) is 36.7 Å². The van der Waals surface area contributed by atoms with Crippen LogP contribution >= 0.6 is 0 Å². The van der Waals surface area contributed by atoms with E-state index in [1.807, 2.05) is 24.3 Å². The second-order valence-corrected chi connectivity index (χ2v) is 10.6. The summed E-state index contributed by atoms with van der Waals surface area (Å²) in [6.07, 6.45) is 9.07. The fraction of sp³-hybridized carbons (Fsp3) is 0.278. The van der Waals surface area contributed by atoms with Gasteiger partial charge in [-0.2, -0.15) is 0 Å². The van der Waals surface area contributed by atoms with Crippen LogP contribution in [0.4, 0.5) is 0 Å². The second kappa shape index (κ2) is 14.3. The molecule has 4 nitrogen and oxygen atoms in total. The molecule has 0 amide bonds. The monoisotopic (exact) mass is 534 g/mol. The zero-order valence-electron chi connectivity index (χ0n) is 24.9. The smallest absolute Gasteiger partial charge is 0.124 e. The van der Waals surface area contributed by atoms with Gasteiger partial charge in [-0.05, 0) is 107 Å². The molecule has 1 aliphatic rings. The van der Waals surface area contributed by atoms with Crippen molar-refractivity contribution in [3.63, 3.8) is 0 Å². The molecule has 0 radical (unpaired) electrons. The average Bonchev–Trinajstić information content (AvgIpc) is 3.01. The minimum atomic E-state index is -0.197. The summed E-state index contributed by atoms with van der Waals surface area (Å²) in [7, 11) is 0. The summed E-state index contributed by atoms with van der Waals surface area (Å²) >= 11 is 0. The van der Waals surface area contributed by atoms with E-state index in [1.165, 1.54) is 39.0 Å². The van der Waals surface area contributed by atoms with Gasteiger partial charge in [0.1, 0.15) is 11.5 Å². The maximum atomic E-state index is 10.0. The molecular weight excluding hydrogens is 492 g/mol. The lowest BCUT2D eigenvalue weighted by molar-refractivity contribution is 0.474. The Morgan fingerprint density at radius 1 is 0.775 bits per heavy atom. The Labute approximate surface area is 239 Å². The molecule has 0 spiro atoms. The molecule has 4 heteroatoms. The fourth-order valence-corrected chi connectivity index (χ4v) is 4.86. The molecular formula is C36H42N2O2. The molecule has 2 N–H and O–H groups in total. The average molecular weight is 535 g/mol. The van der Waals surface area contributed by atoms with Gasteiger partial charge in [0, 0.05) is 23.6 Å². The maximum absolute atomic E-state index is 10.0. The van der Waals surface area contributed by atoms with Crippen molar-refractivity contribution in [1.82, 2.24) is 0 Å². The summed E-state index contributed by atoms with van der Waals surface area (Å²) in [5.74, 6) is 0.401. The van der Waals surface area contributed by atoms with Crippen LogP contribution in [0.15, 0.2) is 105 Å². The van der Waals surface area contributed by atoms with E-state index in [0.29, 0.717) is 17.7 Å². The standard InChI is InChI=1S/C25H26N2O2.C11H16/c1-17-12-18(2)25(19(3)13-17)22(27-15-21-9-5-7-11-24(21)29)16-26-14-20-8-4-6-10-23(20)28;1-8-5-6-9(2)11(4)10(3)7-8/h4-15,22,28-29H,16H2,1-3H3;6-7H,5H2,1-4H3. The van der Waals surface area contributed by atoms with Crippen LogP contribution in [0.3, 0.4) is 0 Å². The minimum absolute atomic E-state index is 0.197. The summed E-state index contributed by atoms with van der Waals surface area (Å²) in [5.41, 5.74) is 11.8. The maximum Gasteiger partial charge on any atom is 0.124 e. The summed E-state index contributed by atoms with van der Waals surface area (Å²) in [5, 5.41) is 20.0. The third-order valence-electron chi connectivity index (χ3n) is 7.22. The number of hydrogen-bond donors (Lipinski definition) is 2. The number of aromatic hydroxyl groups is 2. The van der Waals surface area contributed by atoms with E-state index in [9.17, 15) is 10.2 Å². The Morgan fingerprint density at radius 2 is 1.32 bits per heavy atom. The van der Waals surface area contributed by atoms with Gasteiger partial charge in [-0.15, -0.1) is 0 Å². The number of nitrogens with zero attached hydrogens (tertiary/aromatic N) is 2. The third-order valence-corrected chi connectivity index (χ3v) is 7.22. The van der Waals surface area contributed by atoms with E-state index in [2.05, 4.69) is 77.7 Å². The highest BCUT2D eigenvalue weighted by atomic mass is 16.3. The molecule has 0 bridgehead atoms. The van der Waals surface area contributed by atoms with E-state index in [-0.39, 0.29) is 17.5 Å². The number of aliphatic imine (C=N–C) groups is 2. The first-order valence-corrected chi connectivity index (χ1v) is 13.7. The van der Waals surface area contributed by atoms with Gasteiger partial charge in [0.05, 0.1) is 12.6 Å². The van der Waals surface area contributed by atoms with Crippen LogP contribution in [0.2, 0.25) is 0 Å². The molecule has 1 unspecified atom stereocenters. The molecule has 3 aromatic rings. The highest BCUT2D eigenvalue weighted by molar-refractivity contribution is 5.84. The van der Waals surface area contributed by atoms with Crippen molar-refractivity contribution in [3.05, 3.63) is 128 Å². The normalized spacial score (nSPS) is 14.5. The van der Waals surface area contributed by atoms with Crippen LogP contribution in [0, 0.1) is 20.8 Å². The molecule has 0 heterocycles. The van der Waals surface area contributed by atoms with Gasteiger partial charge >= 0.3 is 0 Å². The van der Waals surface area contributed by atoms with Crippen molar-refractivity contribution in [1.29, 1.82) is 0 Å². The molecule has 0 aliphatic heterocycles. The number of phenols is 2. The minimum Gasteiger partial charge on any atom is -0.507 e. The Bertz CT molecular complexity index is 1470. The number of phenolic OH excluding ortho intramolecular Hbond substituents is 2. The molecule has 40 heavy (non-hydrogen) atoms. The van der Waals surface area contributed by atoms with Crippen LogP contribution in [-0.4, -0.2) is 29.2 Å². The van der Waals surface area contributed by atoms with Gasteiger partial charge in [0.15, 0.2) is 0 Å². The number of benzene rings is 3. The van der Waals surface area contributed by atoms with Crippen molar-refractivity contribution >= 4 is 12.4 Å². The fourth-order valence-electron chi connectivity index (χ4n) is 4.86. The first kappa shape index (κ1) is 30.4. The van der Waals surface area contributed by atoms with Crippen LogP contribution < -0.4 is 0 Å². The zero-order chi connectivity index (χ0) is 29.2. The molecule has 208 valence electrons. The molecule has 1 aliphatic carbocycles.